The Morgan fingerprint density at radius 2 is 2.00 bits per heavy atom. The molecule has 1 heterocycles. The summed E-state index contributed by atoms with van der Waals surface area (Å²) in [5.41, 5.74) is -0.538. The molecule has 0 amide bonds. The van der Waals surface area contributed by atoms with E-state index in [1.54, 1.807) is 32.0 Å². The number of nitrogens with zero attached hydrogens (tertiary/aromatic N) is 1. The SMILES string of the molecule is CCc1c(Cl)[nH]c(=O)n(C(C)c2ccccc2F)c1=O. The molecule has 0 saturated carbocycles. The van der Waals surface area contributed by atoms with Crippen molar-refractivity contribution in [3.63, 3.8) is 0 Å². The van der Waals surface area contributed by atoms with Crippen molar-refractivity contribution in [1.29, 1.82) is 0 Å². The number of nitrogens with one attached hydrogen (secondary N) is 1. The van der Waals surface area contributed by atoms with Crippen molar-refractivity contribution in [1.82, 2.24) is 9.55 Å². The summed E-state index contributed by atoms with van der Waals surface area (Å²) < 4.78 is 14.8. The first kappa shape index (κ1) is 14.5. The van der Waals surface area contributed by atoms with E-state index in [1.807, 2.05) is 0 Å². The Labute approximate surface area is 119 Å². The molecule has 0 saturated heterocycles. The lowest BCUT2D eigenvalue weighted by Gasteiger charge is -2.16. The maximum absolute atomic E-state index is 13.8. The normalized spacial score (nSPS) is 12.4. The Kier molecular flexibility index (Phi) is 4.09. The van der Waals surface area contributed by atoms with Gasteiger partial charge in [0.25, 0.3) is 5.56 Å². The maximum Gasteiger partial charge on any atom is 0.330 e. The van der Waals surface area contributed by atoms with Gasteiger partial charge in [-0.3, -0.25) is 14.3 Å². The molecule has 0 spiro atoms. The van der Waals surface area contributed by atoms with Crippen LogP contribution in [0.25, 0.3) is 0 Å². The van der Waals surface area contributed by atoms with Gasteiger partial charge in [0.15, 0.2) is 0 Å². The Hall–Kier alpha value is -1.88. The number of aromatic amines is 1. The van der Waals surface area contributed by atoms with Gasteiger partial charge in [-0.05, 0) is 19.4 Å². The second kappa shape index (κ2) is 5.63. The second-order valence-electron chi connectivity index (χ2n) is 4.45. The first-order valence-corrected chi connectivity index (χ1v) is 6.62. The minimum Gasteiger partial charge on any atom is -0.297 e. The fourth-order valence-electron chi connectivity index (χ4n) is 2.17. The van der Waals surface area contributed by atoms with Crippen LogP contribution >= 0.6 is 11.6 Å². The van der Waals surface area contributed by atoms with Crippen molar-refractivity contribution in [2.75, 3.05) is 0 Å². The molecule has 4 nitrogen and oxygen atoms in total. The van der Waals surface area contributed by atoms with Gasteiger partial charge < -0.3 is 0 Å². The summed E-state index contributed by atoms with van der Waals surface area (Å²) in [6.45, 7) is 3.36. The molecule has 0 aliphatic rings. The van der Waals surface area contributed by atoms with Gasteiger partial charge in [-0.25, -0.2) is 9.18 Å². The summed E-state index contributed by atoms with van der Waals surface area (Å²) in [4.78, 5) is 26.7. The van der Waals surface area contributed by atoms with Crippen LogP contribution in [0.3, 0.4) is 0 Å². The van der Waals surface area contributed by atoms with Crippen LogP contribution in [0, 0.1) is 5.82 Å². The third-order valence-corrected chi connectivity index (χ3v) is 3.60. The van der Waals surface area contributed by atoms with E-state index in [1.165, 1.54) is 6.07 Å². The third-order valence-electron chi connectivity index (χ3n) is 3.27. The number of halogens is 2. The van der Waals surface area contributed by atoms with Gasteiger partial charge in [0, 0.05) is 5.56 Å². The molecule has 0 radical (unpaired) electrons. The van der Waals surface area contributed by atoms with Crippen LogP contribution in [0.4, 0.5) is 4.39 Å². The second-order valence-corrected chi connectivity index (χ2v) is 4.83. The lowest BCUT2D eigenvalue weighted by molar-refractivity contribution is 0.527. The van der Waals surface area contributed by atoms with E-state index < -0.39 is 23.1 Å². The minimum absolute atomic E-state index is 0.0412. The summed E-state index contributed by atoms with van der Waals surface area (Å²) in [5.74, 6) is -0.459. The van der Waals surface area contributed by atoms with Crippen LogP contribution in [0.15, 0.2) is 33.9 Å². The predicted octanol–water partition coefficient (Wildman–Crippen LogP) is 2.50. The number of hydrogen-bond donors (Lipinski definition) is 1. The van der Waals surface area contributed by atoms with Gasteiger partial charge >= 0.3 is 5.69 Å². The van der Waals surface area contributed by atoms with Gasteiger partial charge in [-0.1, -0.05) is 36.7 Å². The quantitative estimate of drug-likeness (QED) is 0.885. The molecule has 1 N–H and O–H groups in total. The molecular formula is C14H14ClFN2O2. The van der Waals surface area contributed by atoms with E-state index in [0.29, 0.717) is 12.0 Å². The molecule has 1 aromatic carbocycles. The molecule has 106 valence electrons. The summed E-state index contributed by atoms with van der Waals surface area (Å²) >= 11 is 5.85. The zero-order valence-corrected chi connectivity index (χ0v) is 11.9. The Morgan fingerprint density at radius 1 is 1.35 bits per heavy atom. The van der Waals surface area contributed by atoms with Crippen LogP contribution in [0.2, 0.25) is 5.15 Å². The Bertz CT molecular complexity index is 752. The summed E-state index contributed by atoms with van der Waals surface area (Å²) in [7, 11) is 0. The molecule has 0 aliphatic carbocycles. The molecule has 2 rings (SSSR count). The largest absolute Gasteiger partial charge is 0.330 e. The topological polar surface area (TPSA) is 54.9 Å². The van der Waals surface area contributed by atoms with Gasteiger partial charge in [-0.15, -0.1) is 0 Å². The average molecular weight is 297 g/mol. The Balaban J connectivity index is 2.68. The standard InChI is InChI=1S/C14H14ClFN2O2/c1-3-9-12(15)17-14(20)18(13(9)19)8(2)10-6-4-5-7-11(10)16/h4-8H,3H2,1-2H3,(H,17,20). The van der Waals surface area contributed by atoms with Crippen molar-refractivity contribution in [3.8, 4) is 0 Å². The van der Waals surface area contributed by atoms with Crippen LogP contribution in [0.5, 0.6) is 0 Å². The minimum atomic E-state index is -0.713. The molecule has 0 aliphatic heterocycles. The Morgan fingerprint density at radius 3 is 2.60 bits per heavy atom. The molecule has 1 aromatic heterocycles. The van der Waals surface area contributed by atoms with Crippen LogP contribution in [-0.4, -0.2) is 9.55 Å². The zero-order chi connectivity index (χ0) is 14.9. The van der Waals surface area contributed by atoms with Gasteiger partial charge in [0.2, 0.25) is 0 Å². The molecule has 20 heavy (non-hydrogen) atoms. The highest BCUT2D eigenvalue weighted by Gasteiger charge is 2.19. The van der Waals surface area contributed by atoms with Crippen molar-refractivity contribution >= 4 is 11.6 Å². The van der Waals surface area contributed by atoms with Crippen LogP contribution in [-0.2, 0) is 6.42 Å². The smallest absolute Gasteiger partial charge is 0.297 e. The fraction of sp³-hybridized carbons (Fsp3) is 0.286. The molecule has 0 fully saturated rings. The van der Waals surface area contributed by atoms with E-state index in [-0.39, 0.29) is 10.7 Å². The zero-order valence-electron chi connectivity index (χ0n) is 11.1. The first-order chi connectivity index (χ1) is 9.47. The summed E-state index contributed by atoms with van der Waals surface area (Å²) in [6.07, 6.45) is 0.387. The molecule has 2 aromatic rings. The summed E-state index contributed by atoms with van der Waals surface area (Å²) in [6, 6.07) is 5.34. The number of aromatic nitrogens is 2. The summed E-state index contributed by atoms with van der Waals surface area (Å²) in [5, 5.41) is 0.0412. The molecular weight excluding hydrogens is 283 g/mol. The van der Waals surface area contributed by atoms with Gasteiger partial charge in [-0.2, -0.15) is 0 Å². The third kappa shape index (κ3) is 2.41. The van der Waals surface area contributed by atoms with Crippen molar-refractivity contribution in [3.05, 3.63) is 67.2 Å². The van der Waals surface area contributed by atoms with Gasteiger partial charge in [0.1, 0.15) is 11.0 Å². The number of H-pyrrole nitrogens is 1. The molecule has 1 atom stereocenters. The van der Waals surface area contributed by atoms with E-state index >= 15 is 0 Å². The highest BCUT2D eigenvalue weighted by atomic mass is 35.5. The highest BCUT2D eigenvalue weighted by Crippen LogP contribution is 2.18. The highest BCUT2D eigenvalue weighted by molar-refractivity contribution is 6.30. The molecule has 1 unspecified atom stereocenters. The number of hydrogen-bond acceptors (Lipinski definition) is 2. The van der Waals surface area contributed by atoms with Crippen molar-refractivity contribution in [2.24, 2.45) is 0 Å². The first-order valence-electron chi connectivity index (χ1n) is 6.25. The van der Waals surface area contributed by atoms with E-state index in [9.17, 15) is 14.0 Å². The van der Waals surface area contributed by atoms with Crippen molar-refractivity contribution < 1.29 is 4.39 Å². The monoisotopic (exact) mass is 296 g/mol. The van der Waals surface area contributed by atoms with Gasteiger partial charge in [0.05, 0.1) is 11.6 Å². The van der Waals surface area contributed by atoms with E-state index in [4.69, 9.17) is 11.6 Å². The lowest BCUT2D eigenvalue weighted by atomic mass is 10.1. The lowest BCUT2D eigenvalue weighted by Crippen LogP contribution is -2.39. The number of rotatable bonds is 3. The molecule has 0 bridgehead atoms. The van der Waals surface area contributed by atoms with E-state index in [2.05, 4.69) is 4.98 Å². The predicted molar refractivity (Wildman–Crippen MR) is 75.9 cm³/mol. The number of benzene rings is 1. The average Bonchev–Trinajstić information content (AvgIpc) is 2.39. The van der Waals surface area contributed by atoms with E-state index in [0.717, 1.165) is 4.57 Å². The maximum atomic E-state index is 13.8. The molecule has 6 heteroatoms. The van der Waals surface area contributed by atoms with Crippen LogP contribution in [0.1, 0.15) is 31.0 Å². The fourth-order valence-corrected chi connectivity index (χ4v) is 2.47. The van der Waals surface area contributed by atoms with Crippen molar-refractivity contribution in [2.45, 2.75) is 26.3 Å². The van der Waals surface area contributed by atoms with Crippen LogP contribution < -0.4 is 11.2 Å².